The summed E-state index contributed by atoms with van der Waals surface area (Å²) in [5, 5.41) is 5.64. The predicted octanol–water partition coefficient (Wildman–Crippen LogP) is 3.04. The Morgan fingerprint density at radius 3 is 2.76 bits per heavy atom. The molecule has 174 valence electrons. The topological polar surface area (TPSA) is 71.5 Å². The molecule has 0 fully saturated rings. The zero-order valence-electron chi connectivity index (χ0n) is 18.9. The highest BCUT2D eigenvalue weighted by Gasteiger charge is 2.29. The zero-order valence-corrected chi connectivity index (χ0v) is 22.7. The summed E-state index contributed by atoms with van der Waals surface area (Å²) in [6, 6.07) is 16.1. The zero-order chi connectivity index (χ0) is 23.9. The van der Waals surface area contributed by atoms with Crippen molar-refractivity contribution >= 4 is 55.7 Å². The second-order valence-corrected chi connectivity index (χ2v) is 14.5. The highest BCUT2D eigenvalue weighted by atomic mass is 127. The van der Waals surface area contributed by atoms with Crippen molar-refractivity contribution in [2.75, 3.05) is 16.8 Å². The summed E-state index contributed by atoms with van der Waals surface area (Å²) in [7, 11) is 0. The van der Waals surface area contributed by atoms with E-state index in [1.54, 1.807) is 22.3 Å². The smallest absolute Gasteiger partial charge is 0.414 e. The minimum absolute atomic E-state index is 0.200. The largest absolute Gasteiger partial charge is 0.443 e. The SMILES string of the molecule is CC(C)(C)OC(=O)N1CCc2cc(C(=O)Nc3nc4ccc([I+]c5cccs5)cc4s3)ccc21. The van der Waals surface area contributed by atoms with Gasteiger partial charge in [-0.3, -0.25) is 15.0 Å². The number of thiophene rings is 1. The van der Waals surface area contributed by atoms with Crippen LogP contribution in [0.5, 0.6) is 0 Å². The summed E-state index contributed by atoms with van der Waals surface area (Å²) in [5.41, 5.74) is 2.65. The molecule has 2 amide bonds. The molecule has 1 aliphatic rings. The van der Waals surface area contributed by atoms with E-state index < -0.39 is 5.60 Å². The number of aromatic nitrogens is 1. The summed E-state index contributed by atoms with van der Waals surface area (Å²) < 4.78 is 9.35. The first-order chi connectivity index (χ1) is 16.2. The Balaban J connectivity index is 1.29. The number of anilines is 2. The number of hydrogen-bond acceptors (Lipinski definition) is 6. The third kappa shape index (κ3) is 5.11. The normalized spacial score (nSPS) is 13.2. The molecule has 6 nitrogen and oxygen atoms in total. The summed E-state index contributed by atoms with van der Waals surface area (Å²) in [6.07, 6.45) is 0.325. The molecule has 34 heavy (non-hydrogen) atoms. The van der Waals surface area contributed by atoms with Gasteiger partial charge in [0.15, 0.2) is 8.70 Å². The van der Waals surface area contributed by atoms with Crippen molar-refractivity contribution in [3.63, 3.8) is 0 Å². The number of nitrogens with zero attached hydrogens (tertiary/aromatic N) is 2. The standard InChI is InChI=1S/C25H22IN3O3S2/c1-25(2,3)32-24(31)29-11-10-15-13-16(6-9-19(15)29)22(30)28-23-27-18-8-7-17(14-20(18)34-23)26-21-5-4-12-33-21/h4-9,12-14H,10-11H2,1-3H3/p+1. The maximum atomic E-state index is 12.9. The van der Waals surface area contributed by atoms with Gasteiger partial charge in [-0.25, -0.2) is 9.78 Å². The van der Waals surface area contributed by atoms with Gasteiger partial charge in [-0.1, -0.05) is 22.7 Å². The lowest BCUT2D eigenvalue weighted by molar-refractivity contribution is -0.591. The molecule has 0 spiro atoms. The van der Waals surface area contributed by atoms with Crippen LogP contribution < -0.4 is 31.4 Å². The number of fused-ring (bicyclic) bond motifs is 2. The Bertz CT molecular complexity index is 1380. The summed E-state index contributed by atoms with van der Waals surface area (Å²) in [6.45, 7) is 6.10. The van der Waals surface area contributed by atoms with Gasteiger partial charge >= 0.3 is 27.3 Å². The van der Waals surface area contributed by atoms with E-state index in [0.29, 0.717) is 23.7 Å². The van der Waals surface area contributed by atoms with Crippen LogP contribution in [0.2, 0.25) is 0 Å². The number of ether oxygens (including phenoxy) is 1. The number of thiazole rings is 1. The van der Waals surface area contributed by atoms with E-state index in [0.717, 1.165) is 21.5 Å². The molecule has 4 aromatic rings. The predicted molar refractivity (Wildman–Crippen MR) is 133 cm³/mol. The van der Waals surface area contributed by atoms with Crippen molar-refractivity contribution in [3.05, 3.63) is 71.5 Å². The van der Waals surface area contributed by atoms with Crippen LogP contribution in [0.15, 0.2) is 53.9 Å². The summed E-state index contributed by atoms with van der Waals surface area (Å²) in [4.78, 5) is 31.7. The van der Waals surface area contributed by atoms with Crippen LogP contribution in [0.3, 0.4) is 0 Å². The molecule has 2 aromatic heterocycles. The number of rotatable bonds is 4. The number of benzene rings is 2. The Morgan fingerprint density at radius 1 is 1.15 bits per heavy atom. The molecular formula is C25H23IN3O3S2+. The average molecular weight is 605 g/mol. The van der Waals surface area contributed by atoms with Crippen LogP contribution in [0.1, 0.15) is 36.7 Å². The number of halogens is 1. The number of nitrogens with one attached hydrogen (secondary N) is 1. The van der Waals surface area contributed by atoms with Crippen molar-refractivity contribution in [1.29, 1.82) is 0 Å². The van der Waals surface area contributed by atoms with E-state index in [1.165, 1.54) is 17.8 Å². The lowest BCUT2D eigenvalue weighted by Crippen LogP contribution is -3.61. The molecule has 0 radical (unpaired) electrons. The van der Waals surface area contributed by atoms with Crippen LogP contribution in [-0.2, 0) is 11.2 Å². The molecule has 5 rings (SSSR count). The van der Waals surface area contributed by atoms with Gasteiger partial charge in [0.25, 0.3) is 5.91 Å². The first kappa shape index (κ1) is 23.3. The number of hydrogen-bond donors (Lipinski definition) is 1. The minimum atomic E-state index is -0.552. The van der Waals surface area contributed by atoms with Crippen molar-refractivity contribution in [2.45, 2.75) is 32.8 Å². The minimum Gasteiger partial charge on any atom is -0.443 e. The monoisotopic (exact) mass is 604 g/mol. The molecule has 0 aliphatic carbocycles. The average Bonchev–Trinajstić information content (AvgIpc) is 3.51. The summed E-state index contributed by atoms with van der Waals surface area (Å²) >= 11 is 3.09. The molecule has 0 atom stereocenters. The highest BCUT2D eigenvalue weighted by molar-refractivity contribution is 7.22. The Morgan fingerprint density at radius 2 is 2.00 bits per heavy atom. The van der Waals surface area contributed by atoms with E-state index in [1.807, 2.05) is 39.0 Å². The fraction of sp³-hybridized carbons (Fsp3) is 0.240. The third-order valence-electron chi connectivity index (χ3n) is 5.11. The van der Waals surface area contributed by atoms with Gasteiger partial charge in [0.1, 0.15) is 5.60 Å². The second kappa shape index (κ2) is 9.27. The number of carbonyl (C=O) groups is 2. The fourth-order valence-electron chi connectivity index (χ4n) is 3.65. The van der Waals surface area contributed by atoms with Gasteiger partial charge in [-0.2, -0.15) is 0 Å². The molecule has 0 unspecified atom stereocenters. The number of amides is 2. The number of carbonyl (C=O) groups excluding carboxylic acids is 2. The first-order valence-corrected chi connectivity index (χ1v) is 14.6. The van der Waals surface area contributed by atoms with Gasteiger partial charge in [0.2, 0.25) is 2.88 Å². The second-order valence-electron chi connectivity index (χ2n) is 8.82. The van der Waals surface area contributed by atoms with E-state index in [2.05, 4.69) is 39.9 Å². The van der Waals surface area contributed by atoms with Gasteiger partial charge < -0.3 is 4.74 Å². The van der Waals surface area contributed by atoms with Crippen molar-refractivity contribution in [3.8, 4) is 0 Å². The molecule has 3 heterocycles. The van der Waals surface area contributed by atoms with Crippen molar-refractivity contribution in [2.24, 2.45) is 0 Å². The Hall–Kier alpha value is -2.50. The molecule has 0 bridgehead atoms. The van der Waals surface area contributed by atoms with E-state index in [-0.39, 0.29) is 33.2 Å². The lowest BCUT2D eigenvalue weighted by Gasteiger charge is -2.24. The quantitative estimate of drug-likeness (QED) is 0.364. The summed E-state index contributed by atoms with van der Waals surface area (Å²) in [5.74, 6) is -0.205. The maximum absolute atomic E-state index is 12.9. The molecule has 1 aliphatic heterocycles. The van der Waals surface area contributed by atoms with Crippen LogP contribution in [0.25, 0.3) is 10.2 Å². The molecule has 1 N–H and O–H groups in total. The molecule has 2 aromatic carbocycles. The third-order valence-corrected chi connectivity index (χ3v) is 10.2. The van der Waals surface area contributed by atoms with Gasteiger partial charge in [-0.05, 0) is 74.5 Å². The van der Waals surface area contributed by atoms with Gasteiger partial charge in [0.05, 0.1) is 15.9 Å². The maximum Gasteiger partial charge on any atom is 0.414 e. The molecule has 9 heteroatoms. The van der Waals surface area contributed by atoms with E-state index in [9.17, 15) is 9.59 Å². The van der Waals surface area contributed by atoms with Gasteiger partial charge in [-0.15, -0.1) is 0 Å². The van der Waals surface area contributed by atoms with Crippen LogP contribution >= 0.6 is 22.7 Å². The van der Waals surface area contributed by atoms with Crippen LogP contribution in [-0.4, -0.2) is 29.1 Å². The van der Waals surface area contributed by atoms with Crippen LogP contribution in [0, 0.1) is 6.45 Å². The van der Waals surface area contributed by atoms with Gasteiger partial charge in [0, 0.05) is 24.2 Å². The van der Waals surface area contributed by atoms with Crippen LogP contribution in [0.4, 0.5) is 15.6 Å². The Labute approximate surface area is 216 Å². The Kier molecular flexibility index (Phi) is 6.34. The highest BCUT2D eigenvalue weighted by Crippen LogP contribution is 2.31. The lowest BCUT2D eigenvalue weighted by atomic mass is 10.1. The van der Waals surface area contributed by atoms with E-state index in [4.69, 9.17) is 4.74 Å². The molecule has 0 saturated heterocycles. The molecule has 0 saturated carbocycles. The van der Waals surface area contributed by atoms with E-state index >= 15 is 0 Å². The molecular weight excluding hydrogens is 581 g/mol. The van der Waals surface area contributed by atoms with Crippen molar-refractivity contribution in [1.82, 2.24) is 4.98 Å². The first-order valence-electron chi connectivity index (χ1n) is 10.8. The van der Waals surface area contributed by atoms with Crippen molar-refractivity contribution < 1.29 is 35.5 Å². The fourth-order valence-corrected chi connectivity index (χ4v) is 8.50.